The third kappa shape index (κ3) is 8.66. The number of rotatable bonds is 13. The average molecular weight is 667 g/mol. The van der Waals surface area contributed by atoms with E-state index in [9.17, 15) is 18.0 Å². The first-order chi connectivity index (χ1) is 21.5. The lowest BCUT2D eigenvalue weighted by Gasteiger charge is -2.34. The Morgan fingerprint density at radius 1 is 0.844 bits per heavy atom. The second-order valence-electron chi connectivity index (χ2n) is 10.9. The number of sulfonamides is 1. The average Bonchev–Trinajstić information content (AvgIpc) is 3.03. The zero-order valence-corrected chi connectivity index (χ0v) is 27.8. The lowest BCUT2D eigenvalue weighted by molar-refractivity contribution is -0.140. The Hall–Kier alpha value is -3.85. The van der Waals surface area contributed by atoms with Crippen molar-refractivity contribution in [2.24, 2.45) is 0 Å². The minimum Gasteiger partial charge on any atom is -0.352 e. The number of carbonyl (C=O) groups is 2. The number of halogens is 2. The molecule has 0 spiro atoms. The molecule has 0 aliphatic rings. The Morgan fingerprint density at radius 3 is 2.04 bits per heavy atom. The van der Waals surface area contributed by atoms with Crippen molar-refractivity contribution in [2.45, 2.75) is 57.1 Å². The largest absolute Gasteiger partial charge is 0.352 e. The number of nitrogens with zero attached hydrogens (tertiary/aromatic N) is 2. The molecule has 4 aromatic carbocycles. The number of amides is 2. The highest BCUT2D eigenvalue weighted by Gasteiger charge is 2.35. The molecule has 0 aromatic heterocycles. The number of benzene rings is 4. The molecule has 1 N–H and O–H groups in total. The molecule has 0 heterocycles. The molecule has 0 aliphatic carbocycles. The maximum absolute atomic E-state index is 14.6. The van der Waals surface area contributed by atoms with Crippen LogP contribution >= 0.6 is 23.2 Å². The number of nitrogens with one attached hydrogen (secondary N) is 1. The molecule has 0 saturated carbocycles. The van der Waals surface area contributed by atoms with Gasteiger partial charge in [0.2, 0.25) is 11.8 Å². The van der Waals surface area contributed by atoms with E-state index in [-0.39, 0.29) is 29.8 Å². The Kier molecular flexibility index (Phi) is 11.7. The molecular formula is C35H37Cl2N3O4S. The first-order valence-corrected chi connectivity index (χ1v) is 16.9. The van der Waals surface area contributed by atoms with Crippen LogP contribution in [0.5, 0.6) is 0 Å². The van der Waals surface area contributed by atoms with Gasteiger partial charge in [0.15, 0.2) is 0 Å². The standard InChI is InChI=1S/C35H37Cl2N3O4S/c1-4-26(3)38-35(42)33(22-27-14-7-5-8-15-27)39(23-30-31(36)19-12-20-32(30)37)34(41)24-40(28-16-11-13-25(2)21-28)45(43,44)29-17-9-6-10-18-29/h5-21,26,33H,4,22-24H2,1-3H3,(H,38,42)/t26-,33-/m0/s1. The molecule has 0 bridgehead atoms. The van der Waals surface area contributed by atoms with E-state index in [4.69, 9.17) is 23.2 Å². The van der Waals surface area contributed by atoms with Gasteiger partial charge in [-0.1, -0.05) is 96.9 Å². The summed E-state index contributed by atoms with van der Waals surface area (Å²) in [6.45, 7) is 5.01. The van der Waals surface area contributed by atoms with Gasteiger partial charge < -0.3 is 10.2 Å². The Labute approximate surface area is 275 Å². The van der Waals surface area contributed by atoms with Crippen LogP contribution in [-0.2, 0) is 32.6 Å². The summed E-state index contributed by atoms with van der Waals surface area (Å²) in [5.74, 6) is -0.954. The van der Waals surface area contributed by atoms with Crippen LogP contribution in [0.4, 0.5) is 5.69 Å². The van der Waals surface area contributed by atoms with Crippen LogP contribution in [-0.4, -0.2) is 43.8 Å². The molecule has 2 atom stereocenters. The SMILES string of the molecule is CC[C@H](C)NC(=O)[C@H](Cc1ccccc1)N(Cc1c(Cl)cccc1Cl)C(=O)CN(c1cccc(C)c1)S(=O)(=O)c1ccccc1. The first kappa shape index (κ1) is 34.0. The van der Waals surface area contributed by atoms with Crippen LogP contribution < -0.4 is 9.62 Å². The van der Waals surface area contributed by atoms with Crippen molar-refractivity contribution in [1.82, 2.24) is 10.2 Å². The van der Waals surface area contributed by atoms with E-state index in [2.05, 4.69) is 5.32 Å². The lowest BCUT2D eigenvalue weighted by atomic mass is 10.0. The molecule has 7 nitrogen and oxygen atoms in total. The molecule has 2 amide bonds. The molecule has 4 rings (SSSR count). The summed E-state index contributed by atoms with van der Waals surface area (Å²) in [6.07, 6.45) is 0.872. The Balaban J connectivity index is 1.84. The molecule has 0 unspecified atom stereocenters. The van der Waals surface area contributed by atoms with Crippen LogP contribution in [0, 0.1) is 6.92 Å². The van der Waals surface area contributed by atoms with Gasteiger partial charge >= 0.3 is 0 Å². The zero-order chi connectivity index (χ0) is 32.6. The number of hydrogen-bond donors (Lipinski definition) is 1. The highest BCUT2D eigenvalue weighted by Crippen LogP contribution is 2.29. The third-order valence-electron chi connectivity index (χ3n) is 7.56. The summed E-state index contributed by atoms with van der Waals surface area (Å²) in [5.41, 5.74) is 2.43. The summed E-state index contributed by atoms with van der Waals surface area (Å²) < 4.78 is 29.3. The second kappa shape index (κ2) is 15.4. The zero-order valence-electron chi connectivity index (χ0n) is 25.5. The van der Waals surface area contributed by atoms with Crippen molar-refractivity contribution in [2.75, 3.05) is 10.8 Å². The maximum Gasteiger partial charge on any atom is 0.264 e. The van der Waals surface area contributed by atoms with Crippen LogP contribution in [0.3, 0.4) is 0 Å². The normalized spacial score (nSPS) is 12.6. The minimum atomic E-state index is -4.18. The number of aryl methyl sites for hydroxylation is 1. The lowest BCUT2D eigenvalue weighted by Crippen LogP contribution is -2.54. The second-order valence-corrected chi connectivity index (χ2v) is 13.6. The molecule has 236 valence electrons. The maximum atomic E-state index is 14.6. The van der Waals surface area contributed by atoms with Crippen molar-refractivity contribution < 1.29 is 18.0 Å². The van der Waals surface area contributed by atoms with E-state index in [1.54, 1.807) is 54.6 Å². The fraction of sp³-hybridized carbons (Fsp3) is 0.257. The van der Waals surface area contributed by atoms with Gasteiger partial charge in [-0.25, -0.2) is 8.42 Å². The number of hydrogen-bond acceptors (Lipinski definition) is 4. The van der Waals surface area contributed by atoms with E-state index in [1.807, 2.05) is 57.2 Å². The fourth-order valence-corrected chi connectivity index (χ4v) is 6.82. The molecule has 0 radical (unpaired) electrons. The smallest absolute Gasteiger partial charge is 0.264 e. The highest BCUT2D eigenvalue weighted by molar-refractivity contribution is 7.92. The van der Waals surface area contributed by atoms with Gasteiger partial charge in [0.05, 0.1) is 10.6 Å². The van der Waals surface area contributed by atoms with Gasteiger partial charge in [-0.15, -0.1) is 0 Å². The summed E-state index contributed by atoms with van der Waals surface area (Å²) in [6, 6.07) is 28.1. The molecule has 0 fully saturated rings. The Bertz CT molecular complexity index is 1700. The molecule has 4 aromatic rings. The van der Waals surface area contributed by atoms with E-state index in [1.165, 1.54) is 17.0 Å². The predicted octanol–water partition coefficient (Wildman–Crippen LogP) is 7.05. The number of carbonyl (C=O) groups excluding carboxylic acids is 2. The van der Waals surface area contributed by atoms with Crippen LogP contribution in [0.15, 0.2) is 108 Å². The molecule has 0 aliphatic heterocycles. The Morgan fingerprint density at radius 2 is 1.44 bits per heavy atom. The molecule has 10 heteroatoms. The van der Waals surface area contributed by atoms with Gasteiger partial charge in [0, 0.05) is 34.6 Å². The quantitative estimate of drug-likeness (QED) is 0.166. The minimum absolute atomic E-state index is 0.0374. The van der Waals surface area contributed by atoms with Crippen molar-refractivity contribution >= 4 is 50.7 Å². The monoisotopic (exact) mass is 665 g/mol. The molecule has 45 heavy (non-hydrogen) atoms. The number of anilines is 1. The van der Waals surface area contributed by atoms with Crippen molar-refractivity contribution in [3.8, 4) is 0 Å². The van der Waals surface area contributed by atoms with Crippen LogP contribution in [0.1, 0.15) is 37.0 Å². The summed E-state index contributed by atoms with van der Waals surface area (Å²) >= 11 is 13.1. The van der Waals surface area contributed by atoms with E-state index < -0.39 is 28.5 Å². The summed E-state index contributed by atoms with van der Waals surface area (Å²) in [5, 5.41) is 3.67. The van der Waals surface area contributed by atoms with Crippen LogP contribution in [0.25, 0.3) is 0 Å². The summed E-state index contributed by atoms with van der Waals surface area (Å²) in [7, 11) is -4.18. The third-order valence-corrected chi connectivity index (χ3v) is 10.1. The van der Waals surface area contributed by atoms with Crippen molar-refractivity contribution in [3.63, 3.8) is 0 Å². The van der Waals surface area contributed by atoms with Gasteiger partial charge in [0.1, 0.15) is 12.6 Å². The van der Waals surface area contributed by atoms with Crippen molar-refractivity contribution in [1.29, 1.82) is 0 Å². The summed E-state index contributed by atoms with van der Waals surface area (Å²) in [4.78, 5) is 29.9. The molecular weight excluding hydrogens is 629 g/mol. The fourth-order valence-electron chi connectivity index (χ4n) is 4.88. The van der Waals surface area contributed by atoms with Gasteiger partial charge in [-0.05, 0) is 67.8 Å². The van der Waals surface area contributed by atoms with E-state index in [0.29, 0.717) is 27.7 Å². The van der Waals surface area contributed by atoms with Crippen molar-refractivity contribution in [3.05, 3.63) is 130 Å². The van der Waals surface area contributed by atoms with Gasteiger partial charge in [0.25, 0.3) is 10.0 Å². The molecule has 0 saturated heterocycles. The first-order valence-electron chi connectivity index (χ1n) is 14.7. The van der Waals surface area contributed by atoms with Crippen LogP contribution in [0.2, 0.25) is 10.0 Å². The predicted molar refractivity (Wildman–Crippen MR) is 181 cm³/mol. The van der Waals surface area contributed by atoms with E-state index >= 15 is 0 Å². The van der Waals surface area contributed by atoms with E-state index in [0.717, 1.165) is 15.4 Å². The highest BCUT2D eigenvalue weighted by atomic mass is 35.5. The van der Waals surface area contributed by atoms with Gasteiger partial charge in [-0.2, -0.15) is 0 Å². The van der Waals surface area contributed by atoms with Gasteiger partial charge in [-0.3, -0.25) is 13.9 Å². The topological polar surface area (TPSA) is 86.8 Å².